The summed E-state index contributed by atoms with van der Waals surface area (Å²) in [5.74, 6) is -1.09. The number of amides is 1. The number of ether oxygens (including phenoxy) is 1. The van der Waals surface area contributed by atoms with E-state index in [-0.39, 0.29) is 5.76 Å². The molecule has 33 heavy (non-hydrogen) atoms. The molecule has 0 saturated heterocycles. The van der Waals surface area contributed by atoms with Crippen LogP contribution in [0.3, 0.4) is 0 Å². The van der Waals surface area contributed by atoms with Gasteiger partial charge < -0.3 is 14.7 Å². The Bertz CT molecular complexity index is 1200. The van der Waals surface area contributed by atoms with Gasteiger partial charge >= 0.3 is 5.97 Å². The number of benzene rings is 3. The maximum absolute atomic E-state index is 13.2. The topological polar surface area (TPSA) is 66.8 Å². The van der Waals surface area contributed by atoms with Gasteiger partial charge in [0.2, 0.25) is 0 Å². The summed E-state index contributed by atoms with van der Waals surface area (Å²) in [6, 6.07) is 22.3. The SMILES string of the molecule is COC(=O)c1ccc([C@@H]2C(c3ccc(C)cc3)=C(O)C(=O)N2Cc2ccc(SC)cc2)cc1. The zero-order valence-corrected chi connectivity index (χ0v) is 19.6. The van der Waals surface area contributed by atoms with E-state index in [1.54, 1.807) is 40.9 Å². The van der Waals surface area contributed by atoms with E-state index in [9.17, 15) is 14.7 Å². The van der Waals surface area contributed by atoms with Crippen LogP contribution in [0.4, 0.5) is 0 Å². The molecule has 6 heteroatoms. The molecule has 1 N–H and O–H groups in total. The number of aryl methyl sites for hydroxylation is 1. The molecule has 3 aromatic rings. The molecule has 0 bridgehead atoms. The molecule has 0 spiro atoms. The number of esters is 1. The number of thioether (sulfide) groups is 1. The highest BCUT2D eigenvalue weighted by Gasteiger charge is 2.41. The third kappa shape index (κ3) is 4.52. The molecular formula is C27H25NO4S. The number of methoxy groups -OCH3 is 1. The highest BCUT2D eigenvalue weighted by atomic mass is 32.2. The smallest absolute Gasteiger partial charge is 0.337 e. The fourth-order valence-corrected chi connectivity index (χ4v) is 4.45. The summed E-state index contributed by atoms with van der Waals surface area (Å²) in [5, 5.41) is 10.9. The lowest BCUT2D eigenvalue weighted by Gasteiger charge is -2.28. The van der Waals surface area contributed by atoms with Crippen LogP contribution in [0.1, 0.15) is 38.7 Å². The van der Waals surface area contributed by atoms with Gasteiger partial charge in [-0.15, -0.1) is 11.8 Å². The van der Waals surface area contributed by atoms with E-state index in [1.807, 2.05) is 61.7 Å². The van der Waals surface area contributed by atoms with Crippen molar-refractivity contribution in [2.24, 2.45) is 0 Å². The van der Waals surface area contributed by atoms with Crippen molar-refractivity contribution in [3.8, 4) is 0 Å². The number of rotatable bonds is 6. The van der Waals surface area contributed by atoms with Crippen LogP contribution in [0, 0.1) is 6.92 Å². The molecule has 5 nitrogen and oxygen atoms in total. The van der Waals surface area contributed by atoms with E-state index in [0.717, 1.165) is 27.1 Å². The second-order valence-electron chi connectivity index (χ2n) is 7.93. The predicted molar refractivity (Wildman–Crippen MR) is 130 cm³/mol. The minimum Gasteiger partial charge on any atom is -0.503 e. The molecule has 4 rings (SSSR count). The maximum Gasteiger partial charge on any atom is 0.337 e. The predicted octanol–water partition coefficient (Wildman–Crippen LogP) is 5.56. The van der Waals surface area contributed by atoms with Gasteiger partial charge in [0.1, 0.15) is 0 Å². The van der Waals surface area contributed by atoms with Gasteiger partial charge in [-0.1, -0.05) is 54.1 Å². The van der Waals surface area contributed by atoms with Crippen LogP contribution in [0.15, 0.2) is 83.5 Å². The molecule has 0 saturated carbocycles. The average molecular weight is 460 g/mol. The molecular weight excluding hydrogens is 434 g/mol. The van der Waals surface area contributed by atoms with Gasteiger partial charge in [0.05, 0.1) is 18.7 Å². The van der Waals surface area contributed by atoms with E-state index >= 15 is 0 Å². The first-order chi connectivity index (χ1) is 15.9. The van der Waals surface area contributed by atoms with Crippen LogP contribution >= 0.6 is 11.8 Å². The molecule has 0 radical (unpaired) electrons. The Morgan fingerprint density at radius 3 is 2.21 bits per heavy atom. The van der Waals surface area contributed by atoms with Crippen molar-refractivity contribution in [3.63, 3.8) is 0 Å². The molecule has 168 valence electrons. The van der Waals surface area contributed by atoms with Gasteiger partial charge in [0.25, 0.3) is 5.91 Å². The molecule has 1 aliphatic rings. The zero-order valence-electron chi connectivity index (χ0n) is 18.7. The summed E-state index contributed by atoms with van der Waals surface area (Å²) >= 11 is 1.66. The molecule has 0 aliphatic carbocycles. The minimum atomic E-state index is -0.493. The molecule has 1 amide bonds. The number of aliphatic hydroxyl groups excluding tert-OH is 1. The van der Waals surface area contributed by atoms with Crippen molar-refractivity contribution < 1.29 is 19.4 Å². The van der Waals surface area contributed by atoms with Gasteiger partial charge in [-0.05, 0) is 54.1 Å². The third-order valence-corrected chi connectivity index (χ3v) is 6.57. The lowest BCUT2D eigenvalue weighted by Crippen LogP contribution is -2.29. The molecule has 1 aliphatic heterocycles. The maximum atomic E-state index is 13.2. The monoisotopic (exact) mass is 459 g/mol. The Balaban J connectivity index is 1.77. The van der Waals surface area contributed by atoms with Crippen LogP contribution in [-0.4, -0.2) is 35.2 Å². The number of aliphatic hydroxyl groups is 1. The van der Waals surface area contributed by atoms with Crippen LogP contribution in [0.2, 0.25) is 0 Å². The number of hydrogen-bond donors (Lipinski definition) is 1. The molecule has 0 fully saturated rings. The normalized spacial score (nSPS) is 15.8. The largest absolute Gasteiger partial charge is 0.503 e. The molecule has 0 aromatic heterocycles. The number of carbonyl (C=O) groups is 2. The van der Waals surface area contributed by atoms with E-state index < -0.39 is 17.9 Å². The summed E-state index contributed by atoms with van der Waals surface area (Å²) in [5.41, 5.74) is 4.63. The van der Waals surface area contributed by atoms with Crippen LogP contribution in [0.25, 0.3) is 5.57 Å². The van der Waals surface area contributed by atoms with Gasteiger partial charge in [0.15, 0.2) is 5.76 Å². The lowest BCUT2D eigenvalue weighted by atomic mass is 9.92. The van der Waals surface area contributed by atoms with Crippen molar-refractivity contribution in [2.45, 2.75) is 24.4 Å². The van der Waals surface area contributed by atoms with Crippen molar-refractivity contribution in [2.75, 3.05) is 13.4 Å². The van der Waals surface area contributed by atoms with E-state index in [4.69, 9.17) is 4.74 Å². The second kappa shape index (κ2) is 9.55. The van der Waals surface area contributed by atoms with Gasteiger partial charge in [-0.3, -0.25) is 4.79 Å². The third-order valence-electron chi connectivity index (χ3n) is 5.83. The average Bonchev–Trinajstić information content (AvgIpc) is 3.09. The van der Waals surface area contributed by atoms with E-state index in [2.05, 4.69) is 0 Å². The number of nitrogens with zero attached hydrogens (tertiary/aromatic N) is 1. The Kier molecular flexibility index (Phi) is 6.56. The highest BCUT2D eigenvalue weighted by molar-refractivity contribution is 7.98. The molecule has 0 unspecified atom stereocenters. The summed E-state index contributed by atoms with van der Waals surface area (Å²) in [7, 11) is 1.34. The molecule has 1 atom stereocenters. The van der Waals surface area contributed by atoms with Gasteiger partial charge in [-0.25, -0.2) is 4.79 Å². The Morgan fingerprint density at radius 2 is 1.64 bits per heavy atom. The van der Waals surface area contributed by atoms with Gasteiger partial charge in [0, 0.05) is 17.0 Å². The summed E-state index contributed by atoms with van der Waals surface area (Å²) in [4.78, 5) is 27.9. The Labute approximate surface area is 197 Å². The molecule has 1 heterocycles. The van der Waals surface area contributed by atoms with E-state index in [0.29, 0.717) is 17.7 Å². The number of hydrogen-bond acceptors (Lipinski definition) is 5. The van der Waals surface area contributed by atoms with Gasteiger partial charge in [-0.2, -0.15) is 0 Å². The second-order valence-corrected chi connectivity index (χ2v) is 8.81. The standard InChI is InChI=1S/C27H25NO4S/c1-17-4-8-19(9-5-17)23-24(20-10-12-21(13-11-20)27(31)32-2)28(26(30)25(23)29)16-18-6-14-22(33-3)15-7-18/h4-15,24,29H,16H2,1-3H3/t24-/m1/s1. The summed E-state index contributed by atoms with van der Waals surface area (Å²) in [6.07, 6.45) is 2.02. The first-order valence-corrected chi connectivity index (χ1v) is 11.8. The minimum absolute atomic E-state index is 0.248. The molecule has 3 aromatic carbocycles. The van der Waals surface area contributed by atoms with Crippen molar-refractivity contribution in [1.82, 2.24) is 4.90 Å². The Morgan fingerprint density at radius 1 is 1.00 bits per heavy atom. The van der Waals surface area contributed by atoms with Crippen LogP contribution in [0.5, 0.6) is 0 Å². The van der Waals surface area contributed by atoms with E-state index in [1.165, 1.54) is 7.11 Å². The first kappa shape index (κ1) is 22.7. The summed E-state index contributed by atoms with van der Waals surface area (Å²) < 4.78 is 4.80. The fraction of sp³-hybridized carbons (Fsp3) is 0.185. The highest BCUT2D eigenvalue weighted by Crippen LogP contribution is 2.43. The zero-order chi connectivity index (χ0) is 23.5. The van der Waals surface area contributed by atoms with Crippen molar-refractivity contribution in [3.05, 3.63) is 106 Å². The van der Waals surface area contributed by atoms with Crippen LogP contribution in [-0.2, 0) is 16.1 Å². The first-order valence-electron chi connectivity index (χ1n) is 10.5. The van der Waals surface area contributed by atoms with Crippen LogP contribution < -0.4 is 0 Å². The van der Waals surface area contributed by atoms with Crippen molar-refractivity contribution in [1.29, 1.82) is 0 Å². The number of carbonyl (C=O) groups excluding carboxylic acids is 2. The van der Waals surface area contributed by atoms with Crippen molar-refractivity contribution >= 4 is 29.2 Å². The Hall–Kier alpha value is -3.51. The lowest BCUT2D eigenvalue weighted by molar-refractivity contribution is -0.130. The summed E-state index contributed by atoms with van der Waals surface area (Å²) in [6.45, 7) is 2.34. The fourth-order valence-electron chi connectivity index (χ4n) is 4.04. The quantitative estimate of drug-likeness (QED) is 0.386.